The molecule has 2 aromatic rings. The SMILES string of the molecule is CCCCN1CC(C(=O)Nc2ccccc2Sc2ccccc2)CC1=O. The lowest BCUT2D eigenvalue weighted by atomic mass is 10.1. The number of hydrogen-bond donors (Lipinski definition) is 1. The van der Waals surface area contributed by atoms with Crippen LogP contribution in [-0.2, 0) is 9.59 Å². The summed E-state index contributed by atoms with van der Waals surface area (Å²) in [5.41, 5.74) is 0.797. The number of amides is 2. The largest absolute Gasteiger partial charge is 0.342 e. The third kappa shape index (κ3) is 4.67. The van der Waals surface area contributed by atoms with Gasteiger partial charge < -0.3 is 10.2 Å². The van der Waals surface area contributed by atoms with Gasteiger partial charge in [-0.2, -0.15) is 0 Å². The van der Waals surface area contributed by atoms with Gasteiger partial charge in [-0.15, -0.1) is 0 Å². The molecule has 0 bridgehead atoms. The molecule has 1 fully saturated rings. The fourth-order valence-electron chi connectivity index (χ4n) is 3.02. The number of likely N-dealkylation sites (tertiary alicyclic amines) is 1. The molecule has 136 valence electrons. The third-order valence-corrected chi connectivity index (χ3v) is 5.57. The molecule has 1 saturated heterocycles. The summed E-state index contributed by atoms with van der Waals surface area (Å²) in [6.07, 6.45) is 2.34. The van der Waals surface area contributed by atoms with Crippen molar-refractivity contribution in [2.24, 2.45) is 5.92 Å². The maximum atomic E-state index is 12.7. The molecule has 5 heteroatoms. The Hall–Kier alpha value is -2.27. The molecule has 1 aliphatic heterocycles. The second-order valence-electron chi connectivity index (χ2n) is 6.49. The Morgan fingerprint density at radius 2 is 1.88 bits per heavy atom. The van der Waals surface area contributed by atoms with Gasteiger partial charge in [0.25, 0.3) is 0 Å². The molecule has 4 nitrogen and oxygen atoms in total. The van der Waals surface area contributed by atoms with Crippen molar-refractivity contribution in [1.29, 1.82) is 0 Å². The lowest BCUT2D eigenvalue weighted by molar-refractivity contribution is -0.128. The van der Waals surface area contributed by atoms with Crippen molar-refractivity contribution in [1.82, 2.24) is 4.90 Å². The van der Waals surface area contributed by atoms with Gasteiger partial charge in [-0.05, 0) is 30.7 Å². The summed E-state index contributed by atoms with van der Waals surface area (Å²) in [7, 11) is 0. The fraction of sp³-hybridized carbons (Fsp3) is 0.333. The Morgan fingerprint density at radius 1 is 1.15 bits per heavy atom. The van der Waals surface area contributed by atoms with E-state index < -0.39 is 0 Å². The lowest BCUT2D eigenvalue weighted by Crippen LogP contribution is -2.29. The summed E-state index contributed by atoms with van der Waals surface area (Å²) in [6, 6.07) is 17.9. The van der Waals surface area contributed by atoms with Crippen LogP contribution in [0.4, 0.5) is 5.69 Å². The minimum absolute atomic E-state index is 0.0709. The zero-order valence-corrected chi connectivity index (χ0v) is 15.8. The van der Waals surface area contributed by atoms with Crippen molar-refractivity contribution in [3.05, 3.63) is 54.6 Å². The standard InChI is InChI=1S/C21H24N2O2S/c1-2-3-13-23-15-16(14-20(23)24)21(25)22-18-11-7-8-12-19(18)26-17-9-5-4-6-10-17/h4-12,16H,2-3,13-15H2,1H3,(H,22,25). The van der Waals surface area contributed by atoms with E-state index in [2.05, 4.69) is 12.2 Å². The molecular formula is C21H24N2O2S. The van der Waals surface area contributed by atoms with Crippen molar-refractivity contribution in [2.75, 3.05) is 18.4 Å². The maximum absolute atomic E-state index is 12.7. The highest BCUT2D eigenvalue weighted by molar-refractivity contribution is 7.99. The predicted molar refractivity (Wildman–Crippen MR) is 105 cm³/mol. The molecule has 2 aromatic carbocycles. The predicted octanol–water partition coefficient (Wildman–Crippen LogP) is 4.42. The van der Waals surface area contributed by atoms with Crippen LogP contribution in [0.1, 0.15) is 26.2 Å². The summed E-state index contributed by atoms with van der Waals surface area (Å²) >= 11 is 1.62. The van der Waals surface area contributed by atoms with Crippen molar-refractivity contribution >= 4 is 29.3 Å². The first-order valence-electron chi connectivity index (χ1n) is 9.08. The van der Waals surface area contributed by atoms with E-state index >= 15 is 0 Å². The first kappa shape index (κ1) is 18.5. The van der Waals surface area contributed by atoms with E-state index in [-0.39, 0.29) is 17.7 Å². The van der Waals surface area contributed by atoms with Crippen LogP contribution in [0.2, 0.25) is 0 Å². The molecule has 1 aliphatic rings. The van der Waals surface area contributed by atoms with Gasteiger partial charge in [0.15, 0.2) is 0 Å². The highest BCUT2D eigenvalue weighted by Crippen LogP contribution is 2.33. The van der Waals surface area contributed by atoms with E-state index in [9.17, 15) is 9.59 Å². The van der Waals surface area contributed by atoms with Crippen LogP contribution in [0.25, 0.3) is 0 Å². The topological polar surface area (TPSA) is 49.4 Å². The number of anilines is 1. The molecule has 3 rings (SSSR count). The molecule has 1 atom stereocenters. The summed E-state index contributed by atoms with van der Waals surface area (Å²) < 4.78 is 0. The van der Waals surface area contributed by atoms with Gasteiger partial charge in [0.2, 0.25) is 11.8 Å². The molecule has 1 heterocycles. The monoisotopic (exact) mass is 368 g/mol. The van der Waals surface area contributed by atoms with Gasteiger partial charge in [0.05, 0.1) is 11.6 Å². The van der Waals surface area contributed by atoms with Crippen molar-refractivity contribution in [3.63, 3.8) is 0 Å². The van der Waals surface area contributed by atoms with Crippen molar-refractivity contribution in [3.8, 4) is 0 Å². The Kier molecular flexibility index (Phi) is 6.34. The van der Waals surface area contributed by atoms with E-state index in [1.165, 1.54) is 0 Å². The zero-order valence-electron chi connectivity index (χ0n) is 15.0. The van der Waals surface area contributed by atoms with Gasteiger partial charge in [-0.25, -0.2) is 0 Å². The van der Waals surface area contributed by atoms with Gasteiger partial charge in [0.1, 0.15) is 0 Å². The number of benzene rings is 2. The van der Waals surface area contributed by atoms with E-state index in [0.717, 1.165) is 34.9 Å². The van der Waals surface area contributed by atoms with Gasteiger partial charge in [0, 0.05) is 29.3 Å². The third-order valence-electron chi connectivity index (χ3n) is 4.48. The van der Waals surface area contributed by atoms with Crippen molar-refractivity contribution < 1.29 is 9.59 Å². The van der Waals surface area contributed by atoms with E-state index in [1.807, 2.05) is 59.5 Å². The summed E-state index contributed by atoms with van der Waals surface area (Å²) in [6.45, 7) is 3.38. The average Bonchev–Trinajstić information content (AvgIpc) is 3.03. The number of rotatable bonds is 7. The first-order chi connectivity index (χ1) is 12.7. The molecule has 0 spiro atoms. The first-order valence-corrected chi connectivity index (χ1v) is 9.89. The number of nitrogens with one attached hydrogen (secondary N) is 1. The Labute approximate surface area is 159 Å². The average molecular weight is 369 g/mol. The Balaban J connectivity index is 1.66. The van der Waals surface area contributed by atoms with E-state index in [4.69, 9.17) is 0 Å². The number of unbranched alkanes of at least 4 members (excludes halogenated alkanes) is 1. The van der Waals surface area contributed by atoms with Crippen LogP contribution in [0.15, 0.2) is 64.4 Å². The summed E-state index contributed by atoms with van der Waals surface area (Å²) in [5, 5.41) is 3.03. The molecule has 1 N–H and O–H groups in total. The minimum Gasteiger partial charge on any atom is -0.342 e. The van der Waals surface area contributed by atoms with E-state index in [0.29, 0.717) is 13.0 Å². The maximum Gasteiger partial charge on any atom is 0.229 e. The van der Waals surface area contributed by atoms with Crippen LogP contribution in [0.5, 0.6) is 0 Å². The molecular weight excluding hydrogens is 344 g/mol. The van der Waals surface area contributed by atoms with Crippen molar-refractivity contribution in [2.45, 2.75) is 36.0 Å². The summed E-state index contributed by atoms with van der Waals surface area (Å²) in [4.78, 5) is 28.7. The molecule has 26 heavy (non-hydrogen) atoms. The number of para-hydroxylation sites is 1. The number of carbonyl (C=O) groups is 2. The Bertz CT molecular complexity index is 764. The molecule has 0 aliphatic carbocycles. The van der Waals surface area contributed by atoms with Crippen LogP contribution >= 0.6 is 11.8 Å². The highest BCUT2D eigenvalue weighted by atomic mass is 32.2. The quantitative estimate of drug-likeness (QED) is 0.787. The number of carbonyl (C=O) groups excluding carboxylic acids is 2. The second kappa shape index (κ2) is 8.90. The molecule has 0 aromatic heterocycles. The van der Waals surface area contributed by atoms with Gasteiger partial charge >= 0.3 is 0 Å². The van der Waals surface area contributed by atoms with Crippen LogP contribution in [0.3, 0.4) is 0 Å². The minimum atomic E-state index is -0.269. The zero-order chi connectivity index (χ0) is 18.4. The molecule has 2 amide bonds. The fourth-order valence-corrected chi connectivity index (χ4v) is 3.94. The van der Waals surface area contributed by atoms with E-state index in [1.54, 1.807) is 11.8 Å². The lowest BCUT2D eigenvalue weighted by Gasteiger charge is -2.16. The summed E-state index contributed by atoms with van der Waals surface area (Å²) in [5.74, 6) is -0.252. The molecule has 1 unspecified atom stereocenters. The Morgan fingerprint density at radius 3 is 2.65 bits per heavy atom. The second-order valence-corrected chi connectivity index (χ2v) is 7.61. The smallest absolute Gasteiger partial charge is 0.229 e. The van der Waals surface area contributed by atoms with Crippen LogP contribution in [0, 0.1) is 5.92 Å². The van der Waals surface area contributed by atoms with Crippen LogP contribution in [-0.4, -0.2) is 29.8 Å². The normalized spacial score (nSPS) is 16.7. The van der Waals surface area contributed by atoms with Crippen LogP contribution < -0.4 is 5.32 Å². The number of nitrogens with zero attached hydrogens (tertiary/aromatic N) is 1. The molecule has 0 radical (unpaired) electrons. The van der Waals surface area contributed by atoms with Gasteiger partial charge in [-0.3, -0.25) is 9.59 Å². The number of hydrogen-bond acceptors (Lipinski definition) is 3. The molecule has 0 saturated carbocycles. The highest BCUT2D eigenvalue weighted by Gasteiger charge is 2.34. The van der Waals surface area contributed by atoms with Gasteiger partial charge in [-0.1, -0.05) is 55.4 Å².